The lowest BCUT2D eigenvalue weighted by Crippen LogP contribution is -2.44. The zero-order chi connectivity index (χ0) is 23.4. The van der Waals surface area contributed by atoms with Crippen LogP contribution in [0.5, 0.6) is 0 Å². The molecule has 1 saturated heterocycles. The third kappa shape index (κ3) is 6.19. The van der Waals surface area contributed by atoms with Crippen molar-refractivity contribution in [1.82, 2.24) is 10.2 Å². The number of likely N-dealkylation sites (tertiary alicyclic amines) is 1. The molecular weight excluding hydrogens is 465 g/mol. The number of carbonyl (C=O) groups excluding carboxylic acids is 1. The Balaban J connectivity index is 1.30. The van der Waals surface area contributed by atoms with Gasteiger partial charge >= 0.3 is 6.18 Å². The van der Waals surface area contributed by atoms with Crippen LogP contribution in [0.15, 0.2) is 65.6 Å². The molecule has 0 unspecified atom stereocenters. The third-order valence-corrected chi connectivity index (χ3v) is 7.67. The lowest BCUT2D eigenvalue weighted by atomic mass is 10.0. The lowest BCUT2D eigenvalue weighted by molar-refractivity contribution is -0.137. The maximum atomic E-state index is 13.0. The standard InChI is InChI=1S/C25H25F3N2OS2/c1-32-21-7-5-17(6-8-21)16-30-13-11-20(12-14-30)29-24(31)23-10-9-22(33-23)18-3-2-4-19(15-18)25(26,27)28/h2-10,15,20H,11-14,16H2,1H3,(H,29,31). The zero-order valence-electron chi connectivity index (χ0n) is 18.2. The van der Waals surface area contributed by atoms with E-state index in [4.69, 9.17) is 0 Å². The van der Waals surface area contributed by atoms with Gasteiger partial charge in [-0.2, -0.15) is 13.2 Å². The molecule has 0 radical (unpaired) electrons. The number of carbonyl (C=O) groups is 1. The summed E-state index contributed by atoms with van der Waals surface area (Å²) in [6.45, 7) is 2.73. The number of halogens is 3. The van der Waals surface area contributed by atoms with Crippen molar-refractivity contribution in [2.75, 3.05) is 19.3 Å². The molecule has 3 aromatic rings. The van der Waals surface area contributed by atoms with Crippen molar-refractivity contribution in [3.63, 3.8) is 0 Å². The minimum Gasteiger partial charge on any atom is -0.349 e. The van der Waals surface area contributed by atoms with Gasteiger partial charge in [0.25, 0.3) is 5.91 Å². The Morgan fingerprint density at radius 2 is 1.82 bits per heavy atom. The number of thiophene rings is 1. The third-order valence-electron chi connectivity index (χ3n) is 5.79. The van der Waals surface area contributed by atoms with E-state index in [1.807, 2.05) is 0 Å². The first kappa shape index (κ1) is 23.9. The maximum Gasteiger partial charge on any atom is 0.416 e. The van der Waals surface area contributed by atoms with Crippen LogP contribution < -0.4 is 5.32 Å². The Kier molecular flexibility index (Phi) is 7.46. The Bertz CT molecular complexity index is 1090. The van der Waals surface area contributed by atoms with Gasteiger partial charge in [-0.05, 0) is 66.6 Å². The van der Waals surface area contributed by atoms with E-state index in [9.17, 15) is 18.0 Å². The summed E-state index contributed by atoms with van der Waals surface area (Å²) in [5.41, 5.74) is 1.06. The molecule has 174 valence electrons. The van der Waals surface area contributed by atoms with E-state index in [-0.39, 0.29) is 11.9 Å². The van der Waals surface area contributed by atoms with Crippen LogP contribution in [0.3, 0.4) is 0 Å². The molecule has 8 heteroatoms. The number of hydrogen-bond donors (Lipinski definition) is 1. The minimum atomic E-state index is -4.39. The minimum absolute atomic E-state index is 0.103. The van der Waals surface area contributed by atoms with Crippen LogP contribution in [0.1, 0.15) is 33.6 Å². The van der Waals surface area contributed by atoms with Crippen molar-refractivity contribution >= 4 is 29.0 Å². The maximum absolute atomic E-state index is 13.0. The number of piperidine rings is 1. The number of nitrogens with one attached hydrogen (secondary N) is 1. The van der Waals surface area contributed by atoms with Gasteiger partial charge in [-0.3, -0.25) is 9.69 Å². The van der Waals surface area contributed by atoms with Gasteiger partial charge in [-0.25, -0.2) is 0 Å². The van der Waals surface area contributed by atoms with Gasteiger partial charge in [0.1, 0.15) is 0 Å². The summed E-state index contributed by atoms with van der Waals surface area (Å²) in [4.78, 5) is 17.5. The van der Waals surface area contributed by atoms with Crippen molar-refractivity contribution in [1.29, 1.82) is 0 Å². The number of amides is 1. The van der Waals surface area contributed by atoms with Crippen molar-refractivity contribution in [2.45, 2.75) is 36.5 Å². The SMILES string of the molecule is CSc1ccc(CN2CCC(NC(=O)c3ccc(-c4cccc(C(F)(F)F)c4)s3)CC2)cc1. The molecule has 1 fully saturated rings. The molecule has 2 aromatic carbocycles. The van der Waals surface area contributed by atoms with Crippen LogP contribution in [0.25, 0.3) is 10.4 Å². The fourth-order valence-electron chi connectivity index (χ4n) is 3.94. The highest BCUT2D eigenvalue weighted by atomic mass is 32.2. The van der Waals surface area contributed by atoms with Crippen LogP contribution in [-0.4, -0.2) is 36.2 Å². The highest BCUT2D eigenvalue weighted by Gasteiger charge is 2.30. The summed E-state index contributed by atoms with van der Waals surface area (Å²) < 4.78 is 39.0. The second-order valence-electron chi connectivity index (χ2n) is 8.11. The number of benzene rings is 2. The number of alkyl halides is 3. The van der Waals surface area contributed by atoms with Crippen LogP contribution >= 0.6 is 23.1 Å². The van der Waals surface area contributed by atoms with E-state index in [1.54, 1.807) is 30.0 Å². The molecule has 0 spiro atoms. The number of rotatable bonds is 6. The van der Waals surface area contributed by atoms with Gasteiger partial charge in [-0.1, -0.05) is 24.3 Å². The van der Waals surface area contributed by atoms with Gasteiger partial charge in [0.2, 0.25) is 0 Å². The second kappa shape index (κ2) is 10.3. The highest BCUT2D eigenvalue weighted by Crippen LogP contribution is 2.34. The Morgan fingerprint density at radius 3 is 2.48 bits per heavy atom. The Hall–Kier alpha value is -2.29. The molecule has 1 aliphatic heterocycles. The molecule has 0 atom stereocenters. The molecule has 1 N–H and O–H groups in total. The smallest absolute Gasteiger partial charge is 0.349 e. The van der Waals surface area contributed by atoms with E-state index in [1.165, 1.54) is 27.9 Å². The first-order valence-electron chi connectivity index (χ1n) is 10.8. The van der Waals surface area contributed by atoms with E-state index >= 15 is 0 Å². The molecular formula is C25H25F3N2OS2. The van der Waals surface area contributed by atoms with Crippen molar-refractivity contribution in [3.8, 4) is 10.4 Å². The first-order chi connectivity index (χ1) is 15.8. The zero-order valence-corrected chi connectivity index (χ0v) is 19.8. The number of thioether (sulfide) groups is 1. The fourth-order valence-corrected chi connectivity index (χ4v) is 5.26. The molecule has 1 aliphatic rings. The number of hydrogen-bond acceptors (Lipinski definition) is 4. The molecule has 2 heterocycles. The summed E-state index contributed by atoms with van der Waals surface area (Å²) in [6.07, 6.45) is -0.572. The van der Waals surface area contributed by atoms with Crippen LogP contribution in [0.4, 0.5) is 13.2 Å². The average Bonchev–Trinajstić information content (AvgIpc) is 3.31. The van der Waals surface area contributed by atoms with Gasteiger partial charge in [-0.15, -0.1) is 23.1 Å². The van der Waals surface area contributed by atoms with E-state index in [2.05, 4.69) is 40.7 Å². The van der Waals surface area contributed by atoms with E-state index in [0.29, 0.717) is 15.3 Å². The average molecular weight is 491 g/mol. The van der Waals surface area contributed by atoms with Crippen LogP contribution in [0, 0.1) is 0 Å². The van der Waals surface area contributed by atoms with Crippen molar-refractivity contribution < 1.29 is 18.0 Å². The molecule has 33 heavy (non-hydrogen) atoms. The summed E-state index contributed by atoms with van der Waals surface area (Å²) in [6, 6.07) is 17.3. The molecule has 0 aliphatic carbocycles. The van der Waals surface area contributed by atoms with Crippen LogP contribution in [0.2, 0.25) is 0 Å². The molecule has 4 rings (SSSR count). The summed E-state index contributed by atoms with van der Waals surface area (Å²) in [5.74, 6) is -0.163. The van der Waals surface area contributed by atoms with E-state index < -0.39 is 11.7 Å². The monoisotopic (exact) mass is 490 g/mol. The topological polar surface area (TPSA) is 32.3 Å². The summed E-state index contributed by atoms with van der Waals surface area (Å²) in [7, 11) is 0. The molecule has 0 bridgehead atoms. The quantitative estimate of drug-likeness (QED) is 0.398. The van der Waals surface area contributed by atoms with Crippen molar-refractivity contribution in [3.05, 3.63) is 76.7 Å². The summed E-state index contributed by atoms with van der Waals surface area (Å²) in [5, 5.41) is 3.10. The Morgan fingerprint density at radius 1 is 1.09 bits per heavy atom. The molecule has 1 amide bonds. The van der Waals surface area contributed by atoms with Gasteiger partial charge in [0.15, 0.2) is 0 Å². The second-order valence-corrected chi connectivity index (χ2v) is 10.1. The van der Waals surface area contributed by atoms with Gasteiger partial charge in [0, 0.05) is 35.4 Å². The highest BCUT2D eigenvalue weighted by molar-refractivity contribution is 7.98. The predicted octanol–water partition coefficient (Wildman–Crippen LogP) is 6.55. The van der Waals surface area contributed by atoms with Crippen molar-refractivity contribution in [2.24, 2.45) is 0 Å². The summed E-state index contributed by atoms with van der Waals surface area (Å²) >= 11 is 2.95. The molecule has 0 saturated carbocycles. The first-order valence-corrected chi connectivity index (χ1v) is 12.8. The normalized spacial score (nSPS) is 15.5. The molecule has 1 aromatic heterocycles. The van der Waals surface area contributed by atoms with Gasteiger partial charge < -0.3 is 5.32 Å². The predicted molar refractivity (Wildman–Crippen MR) is 129 cm³/mol. The van der Waals surface area contributed by atoms with Crippen LogP contribution in [-0.2, 0) is 12.7 Å². The van der Waals surface area contributed by atoms with E-state index in [0.717, 1.165) is 44.6 Å². The molecule has 3 nitrogen and oxygen atoms in total. The number of nitrogens with zero attached hydrogens (tertiary/aromatic N) is 1. The largest absolute Gasteiger partial charge is 0.416 e. The Labute approximate surface area is 200 Å². The van der Waals surface area contributed by atoms with Gasteiger partial charge in [0.05, 0.1) is 10.4 Å². The fraction of sp³-hybridized carbons (Fsp3) is 0.320. The lowest BCUT2D eigenvalue weighted by Gasteiger charge is -2.32.